The number of carbonyl (C=O) groups is 1. The quantitative estimate of drug-likeness (QED) is 0.511. The maximum Gasteiger partial charge on any atom is 0.411 e. The van der Waals surface area contributed by atoms with Gasteiger partial charge in [-0.2, -0.15) is 0 Å². The fraction of sp³-hybridized carbons (Fsp3) is 0.632. The Bertz CT molecular complexity index is 588. The van der Waals surface area contributed by atoms with Crippen molar-refractivity contribution in [3.8, 4) is 0 Å². The highest BCUT2D eigenvalue weighted by Crippen LogP contribution is 2.52. The smallest absolute Gasteiger partial charge is 0.411 e. The molecule has 2 aliphatic carbocycles. The van der Waals surface area contributed by atoms with Gasteiger partial charge in [0.25, 0.3) is 0 Å². The van der Waals surface area contributed by atoms with Crippen molar-refractivity contribution in [2.45, 2.75) is 19.3 Å². The van der Waals surface area contributed by atoms with Crippen LogP contribution in [0.5, 0.6) is 0 Å². The Morgan fingerprint density at radius 2 is 1.76 bits per heavy atom. The van der Waals surface area contributed by atoms with Gasteiger partial charge in [-0.05, 0) is 55.4 Å². The van der Waals surface area contributed by atoms with Gasteiger partial charge in [-0.25, -0.2) is 4.79 Å². The zero-order valence-electron chi connectivity index (χ0n) is 15.2. The number of hydrogen-bond donors (Lipinski definition) is 1. The number of fused-ring (bicyclic) bond motifs is 2. The number of anilines is 1. The van der Waals surface area contributed by atoms with E-state index >= 15 is 0 Å². The number of nitrogens with zero attached hydrogens (tertiary/aromatic N) is 1. The van der Waals surface area contributed by atoms with Crippen molar-refractivity contribution >= 4 is 23.4 Å². The Balaban J connectivity index is 0.00000225. The molecule has 0 aliphatic heterocycles. The lowest BCUT2D eigenvalue weighted by Crippen LogP contribution is -3.00. The number of rotatable bonds is 5. The second-order valence-corrected chi connectivity index (χ2v) is 8.80. The lowest BCUT2D eigenvalue weighted by Gasteiger charge is -2.36. The SMILES string of the molecule is C[N+](C)(C)C[C@H]1[C@H]2CC[C@@H](C2)[C@@H]1COC(=O)Nc1ccc(Cl)cc1.[I-]. The molecule has 0 radical (unpaired) electrons. The van der Waals surface area contributed by atoms with Gasteiger partial charge in [0.15, 0.2) is 0 Å². The van der Waals surface area contributed by atoms with Gasteiger partial charge in [-0.15, -0.1) is 0 Å². The van der Waals surface area contributed by atoms with E-state index in [2.05, 4.69) is 26.5 Å². The zero-order chi connectivity index (χ0) is 17.3. The molecule has 4 atom stereocenters. The molecular weight excluding hydrogens is 451 g/mol. The number of amides is 1. The van der Waals surface area contributed by atoms with Crippen LogP contribution in [-0.2, 0) is 4.74 Å². The zero-order valence-corrected chi connectivity index (χ0v) is 18.1. The van der Waals surface area contributed by atoms with Crippen molar-refractivity contribution in [1.82, 2.24) is 0 Å². The Kier molecular flexibility index (Phi) is 7.01. The molecule has 2 bridgehead atoms. The summed E-state index contributed by atoms with van der Waals surface area (Å²) < 4.78 is 6.54. The number of nitrogens with one attached hydrogen (secondary N) is 1. The highest BCUT2D eigenvalue weighted by molar-refractivity contribution is 6.30. The number of halogens is 2. The van der Waals surface area contributed by atoms with E-state index in [0.29, 0.717) is 29.2 Å². The number of ether oxygens (including phenoxy) is 1. The second-order valence-electron chi connectivity index (χ2n) is 8.36. The first-order valence-corrected chi connectivity index (χ1v) is 9.19. The molecule has 1 aromatic carbocycles. The molecule has 6 heteroatoms. The lowest BCUT2D eigenvalue weighted by atomic mass is 9.79. The molecule has 2 saturated carbocycles. The fourth-order valence-electron chi connectivity index (χ4n) is 4.57. The molecule has 2 aliphatic rings. The van der Waals surface area contributed by atoms with Gasteiger partial charge < -0.3 is 33.2 Å². The van der Waals surface area contributed by atoms with Crippen LogP contribution >= 0.6 is 11.6 Å². The van der Waals surface area contributed by atoms with E-state index in [1.54, 1.807) is 24.3 Å². The minimum Gasteiger partial charge on any atom is -1.00 e. The van der Waals surface area contributed by atoms with Gasteiger partial charge in [0, 0.05) is 22.5 Å². The summed E-state index contributed by atoms with van der Waals surface area (Å²) in [6, 6.07) is 7.07. The van der Waals surface area contributed by atoms with Crippen LogP contribution in [0.25, 0.3) is 0 Å². The first-order valence-electron chi connectivity index (χ1n) is 8.81. The third-order valence-electron chi connectivity index (χ3n) is 5.53. The molecule has 1 N–H and O–H groups in total. The van der Waals surface area contributed by atoms with E-state index in [1.165, 1.54) is 19.3 Å². The highest BCUT2D eigenvalue weighted by Gasteiger charge is 2.49. The summed E-state index contributed by atoms with van der Waals surface area (Å²) >= 11 is 5.85. The summed E-state index contributed by atoms with van der Waals surface area (Å²) in [7, 11) is 6.74. The number of quaternary nitrogens is 1. The third-order valence-corrected chi connectivity index (χ3v) is 5.78. The van der Waals surface area contributed by atoms with Gasteiger partial charge in [-0.3, -0.25) is 5.32 Å². The van der Waals surface area contributed by atoms with Crippen LogP contribution in [0.3, 0.4) is 0 Å². The van der Waals surface area contributed by atoms with E-state index in [0.717, 1.165) is 22.9 Å². The van der Waals surface area contributed by atoms with Crippen molar-refractivity contribution in [3.05, 3.63) is 29.3 Å². The minimum absolute atomic E-state index is 0. The fourth-order valence-corrected chi connectivity index (χ4v) is 4.69. The monoisotopic (exact) mass is 478 g/mol. The first kappa shape index (κ1) is 20.8. The Labute approximate surface area is 172 Å². The molecule has 0 saturated heterocycles. The van der Waals surface area contributed by atoms with Crippen LogP contribution in [0.15, 0.2) is 24.3 Å². The highest BCUT2D eigenvalue weighted by atomic mass is 127. The van der Waals surface area contributed by atoms with Gasteiger partial charge >= 0.3 is 6.09 Å². The maximum atomic E-state index is 12.1. The first-order chi connectivity index (χ1) is 11.3. The van der Waals surface area contributed by atoms with Crippen molar-refractivity contribution in [2.24, 2.45) is 23.7 Å². The van der Waals surface area contributed by atoms with E-state index in [9.17, 15) is 4.79 Å². The summed E-state index contributed by atoms with van der Waals surface area (Å²) in [4.78, 5) is 12.1. The molecule has 2 fully saturated rings. The van der Waals surface area contributed by atoms with Crippen molar-refractivity contribution < 1.29 is 38.0 Å². The molecule has 0 aromatic heterocycles. The van der Waals surface area contributed by atoms with E-state index in [-0.39, 0.29) is 30.1 Å². The summed E-state index contributed by atoms with van der Waals surface area (Å²) in [5, 5.41) is 3.43. The number of carbonyl (C=O) groups excluding carboxylic acids is 1. The third kappa shape index (κ3) is 5.47. The Hall–Kier alpha value is -0.530. The largest absolute Gasteiger partial charge is 1.00 e. The Morgan fingerprint density at radius 1 is 1.16 bits per heavy atom. The van der Waals surface area contributed by atoms with Crippen LogP contribution in [0.2, 0.25) is 5.02 Å². The van der Waals surface area contributed by atoms with Crippen LogP contribution in [0.4, 0.5) is 10.5 Å². The van der Waals surface area contributed by atoms with Crippen molar-refractivity contribution in [2.75, 3.05) is 39.6 Å². The molecule has 1 aromatic rings. The Morgan fingerprint density at radius 3 is 2.36 bits per heavy atom. The summed E-state index contributed by atoms with van der Waals surface area (Å²) in [5.41, 5.74) is 0.709. The van der Waals surface area contributed by atoms with Crippen LogP contribution < -0.4 is 29.3 Å². The molecule has 0 unspecified atom stereocenters. The predicted molar refractivity (Wildman–Crippen MR) is 97.1 cm³/mol. The van der Waals surface area contributed by atoms with Crippen LogP contribution in [-0.4, -0.2) is 44.9 Å². The molecule has 140 valence electrons. The average Bonchev–Trinajstić information content (AvgIpc) is 3.08. The summed E-state index contributed by atoms with van der Waals surface area (Å²) in [6.07, 6.45) is 3.59. The summed E-state index contributed by atoms with van der Waals surface area (Å²) in [6.45, 7) is 1.69. The van der Waals surface area contributed by atoms with Gasteiger partial charge in [0.1, 0.15) is 0 Å². The molecule has 1 amide bonds. The van der Waals surface area contributed by atoms with Gasteiger partial charge in [0.2, 0.25) is 0 Å². The molecule has 4 nitrogen and oxygen atoms in total. The number of benzene rings is 1. The standard InChI is InChI=1S/C19H27ClN2O2.HI/c1-22(2,3)11-17-13-4-5-14(10-13)18(17)12-24-19(23)21-16-8-6-15(20)7-9-16;/h6-9,13-14,17-18H,4-5,10-12H2,1-3H3;1H/t13-,14-,17-,18-;/m0./s1. The van der Waals surface area contributed by atoms with E-state index < -0.39 is 0 Å². The van der Waals surface area contributed by atoms with Gasteiger partial charge in [-0.1, -0.05) is 11.6 Å². The van der Waals surface area contributed by atoms with E-state index in [4.69, 9.17) is 16.3 Å². The van der Waals surface area contributed by atoms with Crippen LogP contribution in [0, 0.1) is 23.7 Å². The normalized spacial score (nSPS) is 27.7. The topological polar surface area (TPSA) is 38.3 Å². The molecule has 3 rings (SSSR count). The van der Waals surface area contributed by atoms with Crippen molar-refractivity contribution in [1.29, 1.82) is 0 Å². The van der Waals surface area contributed by atoms with E-state index in [1.807, 2.05) is 0 Å². The minimum atomic E-state index is -0.371. The predicted octanol–water partition coefficient (Wildman–Crippen LogP) is 1.26. The van der Waals surface area contributed by atoms with Crippen LogP contribution in [0.1, 0.15) is 19.3 Å². The molecule has 0 spiro atoms. The van der Waals surface area contributed by atoms with Crippen molar-refractivity contribution in [3.63, 3.8) is 0 Å². The maximum absolute atomic E-state index is 12.1. The second kappa shape index (κ2) is 8.44. The summed E-state index contributed by atoms with van der Waals surface area (Å²) in [5.74, 6) is 2.74. The number of hydrogen-bond acceptors (Lipinski definition) is 2. The molecular formula is C19H28ClIN2O2. The lowest BCUT2D eigenvalue weighted by molar-refractivity contribution is -0.874. The molecule has 0 heterocycles. The average molecular weight is 479 g/mol. The van der Waals surface area contributed by atoms with Gasteiger partial charge in [0.05, 0.1) is 34.3 Å². The molecule has 25 heavy (non-hydrogen) atoms.